The van der Waals surface area contributed by atoms with Gasteiger partial charge in [-0.15, -0.1) is 0 Å². The van der Waals surface area contributed by atoms with E-state index in [0.717, 1.165) is 19.3 Å². The Morgan fingerprint density at radius 2 is 1.72 bits per heavy atom. The van der Waals surface area contributed by atoms with Gasteiger partial charge in [-0.05, 0) is 19.3 Å². The Morgan fingerprint density at radius 3 is 2.17 bits per heavy atom. The van der Waals surface area contributed by atoms with E-state index in [0.29, 0.717) is 32.7 Å². The Bertz CT molecular complexity index is 316. The highest BCUT2D eigenvalue weighted by atomic mass is 16.2. The SMILES string of the molecule is CCC(CN)C(=O)N1CCN(C(=O)C2CC2)CC1. The maximum atomic E-state index is 12.1. The smallest absolute Gasteiger partial charge is 0.227 e. The second-order valence-corrected chi connectivity index (χ2v) is 5.27. The topological polar surface area (TPSA) is 66.6 Å². The summed E-state index contributed by atoms with van der Waals surface area (Å²) in [6.45, 7) is 5.09. The molecule has 1 unspecified atom stereocenters. The van der Waals surface area contributed by atoms with Crippen LogP contribution in [0.3, 0.4) is 0 Å². The van der Waals surface area contributed by atoms with Gasteiger partial charge in [0.25, 0.3) is 0 Å². The highest BCUT2D eigenvalue weighted by Crippen LogP contribution is 2.31. The summed E-state index contributed by atoms with van der Waals surface area (Å²) in [6, 6.07) is 0. The number of nitrogens with two attached hydrogens (primary N) is 1. The van der Waals surface area contributed by atoms with Crippen LogP contribution < -0.4 is 5.73 Å². The number of hydrogen-bond donors (Lipinski definition) is 1. The van der Waals surface area contributed by atoms with Crippen LogP contribution in [0.15, 0.2) is 0 Å². The van der Waals surface area contributed by atoms with Gasteiger partial charge in [-0.2, -0.15) is 0 Å². The van der Waals surface area contributed by atoms with Crippen LogP contribution in [-0.2, 0) is 9.59 Å². The van der Waals surface area contributed by atoms with Crippen LogP contribution >= 0.6 is 0 Å². The van der Waals surface area contributed by atoms with Gasteiger partial charge in [-0.3, -0.25) is 9.59 Å². The van der Waals surface area contributed by atoms with Gasteiger partial charge in [0.1, 0.15) is 0 Å². The third-order valence-corrected chi connectivity index (χ3v) is 3.96. The van der Waals surface area contributed by atoms with E-state index in [1.807, 2.05) is 16.7 Å². The summed E-state index contributed by atoms with van der Waals surface area (Å²) < 4.78 is 0. The van der Waals surface area contributed by atoms with Crippen LogP contribution in [0.5, 0.6) is 0 Å². The molecule has 0 bridgehead atoms. The van der Waals surface area contributed by atoms with Crippen molar-refractivity contribution in [3.63, 3.8) is 0 Å². The Hall–Kier alpha value is -1.10. The van der Waals surface area contributed by atoms with Crippen molar-refractivity contribution in [3.8, 4) is 0 Å². The quantitative estimate of drug-likeness (QED) is 0.770. The third kappa shape index (κ3) is 2.83. The molecule has 1 saturated carbocycles. The number of amides is 2. The molecule has 0 radical (unpaired) electrons. The first kappa shape index (κ1) is 13.3. The minimum atomic E-state index is -0.0596. The van der Waals surface area contributed by atoms with Gasteiger partial charge in [0.15, 0.2) is 0 Å². The number of nitrogens with zero attached hydrogens (tertiary/aromatic N) is 2. The van der Waals surface area contributed by atoms with Crippen LogP contribution in [-0.4, -0.2) is 54.3 Å². The van der Waals surface area contributed by atoms with Crippen LogP contribution in [0.2, 0.25) is 0 Å². The monoisotopic (exact) mass is 253 g/mol. The molecule has 1 aliphatic carbocycles. The molecule has 1 saturated heterocycles. The third-order valence-electron chi connectivity index (χ3n) is 3.96. The van der Waals surface area contributed by atoms with Crippen molar-refractivity contribution in [2.24, 2.45) is 17.6 Å². The van der Waals surface area contributed by atoms with Crippen molar-refractivity contribution in [2.45, 2.75) is 26.2 Å². The molecule has 2 N–H and O–H groups in total. The largest absolute Gasteiger partial charge is 0.339 e. The maximum absolute atomic E-state index is 12.1. The van der Waals surface area contributed by atoms with Gasteiger partial charge in [0.05, 0.1) is 5.92 Å². The van der Waals surface area contributed by atoms with Gasteiger partial charge in [0, 0.05) is 38.6 Å². The molecular formula is C13H23N3O2. The Morgan fingerprint density at radius 1 is 1.17 bits per heavy atom. The van der Waals surface area contributed by atoms with Crippen molar-refractivity contribution < 1.29 is 9.59 Å². The fraction of sp³-hybridized carbons (Fsp3) is 0.846. The van der Waals surface area contributed by atoms with E-state index in [1.54, 1.807) is 0 Å². The lowest BCUT2D eigenvalue weighted by molar-refractivity contribution is -0.142. The zero-order valence-corrected chi connectivity index (χ0v) is 11.1. The summed E-state index contributed by atoms with van der Waals surface area (Å²) in [6.07, 6.45) is 2.88. The molecule has 0 aromatic carbocycles. The summed E-state index contributed by atoms with van der Waals surface area (Å²) in [7, 11) is 0. The average Bonchev–Trinajstić information content (AvgIpc) is 3.24. The highest BCUT2D eigenvalue weighted by molar-refractivity contribution is 5.82. The van der Waals surface area contributed by atoms with E-state index < -0.39 is 0 Å². The van der Waals surface area contributed by atoms with Gasteiger partial charge in [-0.25, -0.2) is 0 Å². The average molecular weight is 253 g/mol. The standard InChI is InChI=1S/C13H23N3O2/c1-2-10(9-14)12(17)15-5-7-16(8-6-15)13(18)11-3-4-11/h10-11H,2-9,14H2,1H3. The predicted molar refractivity (Wildman–Crippen MR) is 68.7 cm³/mol. The summed E-state index contributed by atoms with van der Waals surface area (Å²) >= 11 is 0. The number of hydrogen-bond acceptors (Lipinski definition) is 3. The van der Waals surface area contributed by atoms with E-state index in [9.17, 15) is 9.59 Å². The molecule has 2 fully saturated rings. The lowest BCUT2D eigenvalue weighted by atomic mass is 10.0. The summed E-state index contributed by atoms with van der Waals surface area (Å²) in [4.78, 5) is 27.8. The van der Waals surface area contributed by atoms with Crippen molar-refractivity contribution >= 4 is 11.8 Å². The van der Waals surface area contributed by atoms with Crippen molar-refractivity contribution in [2.75, 3.05) is 32.7 Å². The lowest BCUT2D eigenvalue weighted by Crippen LogP contribution is -2.52. The maximum Gasteiger partial charge on any atom is 0.227 e. The second kappa shape index (κ2) is 5.69. The molecule has 2 rings (SSSR count). The molecule has 1 aliphatic heterocycles. The van der Waals surface area contributed by atoms with Crippen molar-refractivity contribution in [1.29, 1.82) is 0 Å². The normalized spacial score (nSPS) is 21.9. The molecule has 0 aromatic heterocycles. The van der Waals surface area contributed by atoms with Gasteiger partial charge in [-0.1, -0.05) is 6.92 Å². The number of piperazine rings is 1. The molecule has 1 atom stereocenters. The molecule has 18 heavy (non-hydrogen) atoms. The summed E-state index contributed by atoms with van der Waals surface area (Å²) in [5, 5.41) is 0. The molecule has 1 heterocycles. The highest BCUT2D eigenvalue weighted by Gasteiger charge is 2.35. The van der Waals surface area contributed by atoms with Crippen molar-refractivity contribution in [3.05, 3.63) is 0 Å². The molecule has 0 aromatic rings. The van der Waals surface area contributed by atoms with E-state index in [2.05, 4.69) is 0 Å². The van der Waals surface area contributed by atoms with Gasteiger partial charge in [0.2, 0.25) is 11.8 Å². The van der Waals surface area contributed by atoms with Gasteiger partial charge >= 0.3 is 0 Å². The fourth-order valence-electron chi connectivity index (χ4n) is 2.44. The van der Waals surface area contributed by atoms with Crippen LogP contribution in [0.1, 0.15) is 26.2 Å². The van der Waals surface area contributed by atoms with Crippen LogP contribution in [0.4, 0.5) is 0 Å². The second-order valence-electron chi connectivity index (χ2n) is 5.27. The number of carbonyl (C=O) groups is 2. The fourth-order valence-corrected chi connectivity index (χ4v) is 2.44. The van der Waals surface area contributed by atoms with Crippen molar-refractivity contribution in [1.82, 2.24) is 9.80 Å². The van der Waals surface area contributed by atoms with E-state index in [1.165, 1.54) is 0 Å². The minimum Gasteiger partial charge on any atom is -0.339 e. The van der Waals surface area contributed by atoms with E-state index in [4.69, 9.17) is 5.73 Å². The first-order valence-electron chi connectivity index (χ1n) is 6.95. The molecule has 2 aliphatic rings. The molecule has 5 heteroatoms. The Kier molecular flexibility index (Phi) is 4.22. The van der Waals surface area contributed by atoms with E-state index >= 15 is 0 Å². The van der Waals surface area contributed by atoms with Gasteiger partial charge < -0.3 is 15.5 Å². The minimum absolute atomic E-state index is 0.0596. The zero-order chi connectivity index (χ0) is 13.1. The molecule has 102 valence electrons. The zero-order valence-electron chi connectivity index (χ0n) is 11.1. The molecule has 2 amide bonds. The lowest BCUT2D eigenvalue weighted by Gasteiger charge is -2.36. The van der Waals surface area contributed by atoms with Crippen LogP contribution in [0, 0.1) is 11.8 Å². The molecule has 5 nitrogen and oxygen atoms in total. The predicted octanol–water partition coefficient (Wildman–Crippen LogP) is 0.0521. The molecule has 0 spiro atoms. The summed E-state index contributed by atoms with van der Waals surface area (Å²) in [5.74, 6) is 0.654. The van der Waals surface area contributed by atoms with Crippen LogP contribution in [0.25, 0.3) is 0 Å². The first-order valence-corrected chi connectivity index (χ1v) is 6.95. The summed E-state index contributed by atoms with van der Waals surface area (Å²) in [5.41, 5.74) is 5.60. The Labute approximate surface area is 108 Å². The Balaban J connectivity index is 1.82. The number of carbonyl (C=O) groups excluding carboxylic acids is 2. The number of rotatable bonds is 4. The van der Waals surface area contributed by atoms with E-state index in [-0.39, 0.29) is 23.7 Å². The first-order chi connectivity index (χ1) is 8.67. The molecular weight excluding hydrogens is 230 g/mol.